The van der Waals surface area contributed by atoms with E-state index < -0.39 is 0 Å². The second-order valence-electron chi connectivity index (χ2n) is 6.63. The van der Waals surface area contributed by atoms with Crippen LogP contribution >= 0.6 is 0 Å². The van der Waals surface area contributed by atoms with Crippen molar-refractivity contribution in [3.05, 3.63) is 72.3 Å². The van der Waals surface area contributed by atoms with Crippen molar-refractivity contribution in [3.63, 3.8) is 0 Å². The summed E-state index contributed by atoms with van der Waals surface area (Å²) in [6.07, 6.45) is 4.90. The van der Waals surface area contributed by atoms with Crippen LogP contribution in [0.15, 0.2) is 66.7 Å². The summed E-state index contributed by atoms with van der Waals surface area (Å²) in [5.41, 5.74) is 1.76. The number of Topliss-reactive ketones (excluding diaryl/α,β-unsaturated/α-hetero) is 1. The molecule has 1 aliphatic rings. The summed E-state index contributed by atoms with van der Waals surface area (Å²) in [6, 6.07) is 21.7. The van der Waals surface area contributed by atoms with Gasteiger partial charge in [-0.05, 0) is 37.8 Å². The van der Waals surface area contributed by atoms with E-state index in [1.165, 1.54) is 12.8 Å². The molecule has 1 aromatic heterocycles. The summed E-state index contributed by atoms with van der Waals surface area (Å²) in [7, 11) is 0. The van der Waals surface area contributed by atoms with E-state index in [4.69, 9.17) is 4.74 Å². The van der Waals surface area contributed by atoms with Crippen molar-refractivity contribution in [1.82, 2.24) is 0 Å². The molecule has 1 saturated carbocycles. The topological polar surface area (TPSA) is 30.2 Å². The number of pyridine rings is 1. The fraction of sp³-hybridized carbons (Fsp3) is 0.273. The maximum atomic E-state index is 12.8. The van der Waals surface area contributed by atoms with E-state index >= 15 is 0 Å². The molecule has 2 aromatic carbocycles. The Morgan fingerprint density at radius 2 is 1.64 bits per heavy atom. The van der Waals surface area contributed by atoms with Crippen LogP contribution in [0.5, 0.6) is 5.88 Å². The number of ketones is 1. The number of ether oxygens (including phenoxy) is 1. The third kappa shape index (κ3) is 3.41. The molecule has 0 atom stereocenters. The van der Waals surface area contributed by atoms with E-state index in [-0.39, 0.29) is 18.4 Å². The second kappa shape index (κ2) is 7.06. The fourth-order valence-electron chi connectivity index (χ4n) is 3.55. The molecule has 0 radical (unpaired) electrons. The highest BCUT2D eigenvalue weighted by atomic mass is 16.5. The average molecular weight is 332 g/mol. The van der Waals surface area contributed by atoms with Gasteiger partial charge in [-0.15, -0.1) is 0 Å². The second-order valence-corrected chi connectivity index (χ2v) is 6.63. The van der Waals surface area contributed by atoms with Gasteiger partial charge in [0.25, 0.3) is 0 Å². The number of hydrogen-bond acceptors (Lipinski definition) is 2. The predicted molar refractivity (Wildman–Crippen MR) is 97.8 cm³/mol. The molecule has 0 aliphatic heterocycles. The summed E-state index contributed by atoms with van der Waals surface area (Å²) in [5.74, 6) is 0.883. The molecule has 0 N–H and O–H groups in total. The number of rotatable bonds is 5. The number of nitrogens with zero attached hydrogens (tertiary/aromatic N) is 1. The Morgan fingerprint density at radius 1 is 0.920 bits per heavy atom. The summed E-state index contributed by atoms with van der Waals surface area (Å²) in [4.78, 5) is 12.8. The van der Waals surface area contributed by atoms with Crippen molar-refractivity contribution < 1.29 is 14.1 Å². The van der Waals surface area contributed by atoms with Crippen LogP contribution in [0.1, 0.15) is 36.0 Å². The number of fused-ring (bicyclic) bond motifs is 1. The molecule has 126 valence electrons. The van der Waals surface area contributed by atoms with Gasteiger partial charge in [0, 0.05) is 17.0 Å². The minimum Gasteiger partial charge on any atom is -0.441 e. The third-order valence-electron chi connectivity index (χ3n) is 4.89. The quantitative estimate of drug-likeness (QED) is 0.514. The highest BCUT2D eigenvalue weighted by Gasteiger charge is 2.25. The summed E-state index contributed by atoms with van der Waals surface area (Å²) >= 11 is 0. The number of para-hydroxylation sites is 1. The number of benzene rings is 2. The molecule has 0 bridgehead atoms. The standard InChI is InChI=1S/C22H22NO2/c24-21(18-9-2-1-3-10-18)16-23-20-13-7-4-8-17(20)14-15-22(23)25-19-11-5-6-12-19/h1-4,7-10,13-15,19H,5-6,11-12,16H2/q+1. The molecule has 3 aromatic rings. The van der Waals surface area contributed by atoms with Crippen LogP contribution in [0.3, 0.4) is 0 Å². The first-order valence-electron chi connectivity index (χ1n) is 8.98. The van der Waals surface area contributed by atoms with E-state index in [1.54, 1.807) is 0 Å². The van der Waals surface area contributed by atoms with E-state index in [2.05, 4.69) is 18.2 Å². The zero-order valence-corrected chi connectivity index (χ0v) is 14.2. The lowest BCUT2D eigenvalue weighted by atomic mass is 10.1. The molecule has 4 rings (SSSR count). The van der Waals surface area contributed by atoms with Crippen LogP contribution in [0.4, 0.5) is 0 Å². The van der Waals surface area contributed by atoms with Crippen LogP contribution in [-0.2, 0) is 6.54 Å². The highest BCUT2D eigenvalue weighted by molar-refractivity contribution is 5.95. The SMILES string of the molecule is O=C(C[n+]1c(OC2CCCC2)ccc2ccccc21)c1ccccc1. The third-order valence-corrected chi connectivity index (χ3v) is 4.89. The van der Waals surface area contributed by atoms with Gasteiger partial charge in [0.2, 0.25) is 17.8 Å². The van der Waals surface area contributed by atoms with E-state index in [0.29, 0.717) is 0 Å². The lowest BCUT2D eigenvalue weighted by Gasteiger charge is -2.13. The number of hydrogen-bond donors (Lipinski definition) is 0. The molecular weight excluding hydrogens is 310 g/mol. The number of aromatic nitrogens is 1. The lowest BCUT2D eigenvalue weighted by molar-refractivity contribution is -0.663. The van der Waals surface area contributed by atoms with Gasteiger partial charge in [-0.2, -0.15) is 4.57 Å². The van der Waals surface area contributed by atoms with Crippen LogP contribution < -0.4 is 9.30 Å². The largest absolute Gasteiger partial charge is 0.441 e. The van der Waals surface area contributed by atoms with E-state index in [1.807, 2.05) is 53.1 Å². The Bertz CT molecular complexity index is 883. The first-order chi connectivity index (χ1) is 12.3. The lowest BCUT2D eigenvalue weighted by Crippen LogP contribution is -2.41. The molecule has 25 heavy (non-hydrogen) atoms. The van der Waals surface area contributed by atoms with Crippen molar-refractivity contribution in [1.29, 1.82) is 0 Å². The van der Waals surface area contributed by atoms with Crippen LogP contribution in [0.25, 0.3) is 10.9 Å². The van der Waals surface area contributed by atoms with Crippen molar-refractivity contribution in [2.75, 3.05) is 0 Å². The van der Waals surface area contributed by atoms with Crippen LogP contribution in [-0.4, -0.2) is 11.9 Å². The maximum absolute atomic E-state index is 12.8. The minimum absolute atomic E-state index is 0.0956. The average Bonchev–Trinajstić information content (AvgIpc) is 3.17. The first-order valence-corrected chi connectivity index (χ1v) is 8.98. The Kier molecular flexibility index (Phi) is 4.47. The minimum atomic E-state index is 0.0956. The van der Waals surface area contributed by atoms with Crippen molar-refractivity contribution in [3.8, 4) is 5.88 Å². The molecular formula is C22H22NO2+. The fourth-order valence-corrected chi connectivity index (χ4v) is 3.55. The number of carbonyl (C=O) groups excluding carboxylic acids is 1. The van der Waals surface area contributed by atoms with Gasteiger partial charge < -0.3 is 4.74 Å². The molecule has 0 unspecified atom stereocenters. The zero-order chi connectivity index (χ0) is 17.1. The van der Waals surface area contributed by atoms with Gasteiger partial charge in [0.05, 0.1) is 6.07 Å². The normalized spacial score (nSPS) is 14.7. The first kappa shape index (κ1) is 15.8. The van der Waals surface area contributed by atoms with Gasteiger partial charge in [0.15, 0.2) is 0 Å². The zero-order valence-electron chi connectivity index (χ0n) is 14.2. The summed E-state index contributed by atoms with van der Waals surface area (Å²) in [6.45, 7) is 0.285. The molecule has 0 spiro atoms. The Balaban J connectivity index is 1.72. The Morgan fingerprint density at radius 3 is 2.44 bits per heavy atom. The molecule has 0 saturated heterocycles. The van der Waals surface area contributed by atoms with Crippen molar-refractivity contribution in [2.45, 2.75) is 38.3 Å². The summed E-state index contributed by atoms with van der Waals surface area (Å²) < 4.78 is 8.28. The van der Waals surface area contributed by atoms with Gasteiger partial charge in [-0.3, -0.25) is 4.79 Å². The van der Waals surface area contributed by atoms with Crippen LogP contribution in [0.2, 0.25) is 0 Å². The summed E-state index contributed by atoms with van der Waals surface area (Å²) in [5, 5.41) is 1.11. The van der Waals surface area contributed by atoms with E-state index in [9.17, 15) is 4.79 Å². The Hall–Kier alpha value is -2.68. The monoisotopic (exact) mass is 332 g/mol. The number of carbonyl (C=O) groups is 1. The van der Waals surface area contributed by atoms with Crippen molar-refractivity contribution in [2.24, 2.45) is 0 Å². The molecule has 1 aliphatic carbocycles. The molecule has 1 fully saturated rings. The predicted octanol–water partition coefficient (Wildman–Crippen LogP) is 4.33. The smallest absolute Gasteiger partial charge is 0.368 e. The van der Waals surface area contributed by atoms with E-state index in [0.717, 1.165) is 35.2 Å². The maximum Gasteiger partial charge on any atom is 0.368 e. The van der Waals surface area contributed by atoms with Crippen LogP contribution in [0, 0.1) is 0 Å². The molecule has 3 heteroatoms. The van der Waals surface area contributed by atoms with Gasteiger partial charge >= 0.3 is 5.88 Å². The molecule has 3 nitrogen and oxygen atoms in total. The van der Waals surface area contributed by atoms with Gasteiger partial charge in [-0.1, -0.05) is 42.5 Å². The highest BCUT2D eigenvalue weighted by Crippen LogP contribution is 2.24. The van der Waals surface area contributed by atoms with Gasteiger partial charge in [0.1, 0.15) is 6.10 Å². The molecule has 1 heterocycles. The van der Waals surface area contributed by atoms with Crippen molar-refractivity contribution >= 4 is 16.7 Å². The van der Waals surface area contributed by atoms with Gasteiger partial charge in [-0.25, -0.2) is 0 Å². The Labute approximate surface area is 147 Å². The molecule has 0 amide bonds.